The number of fused-ring (bicyclic) bond motifs is 1. The minimum atomic E-state index is -0.113. The number of hydrogen-bond acceptors (Lipinski definition) is 3. The second kappa shape index (κ2) is 5.13. The Morgan fingerprint density at radius 2 is 2.15 bits per heavy atom. The first kappa shape index (κ1) is 12.3. The maximum Gasteiger partial charge on any atom is 0.252 e. The molecule has 2 aromatic heterocycles. The number of amides is 1. The van der Waals surface area contributed by atoms with Crippen molar-refractivity contribution in [1.29, 1.82) is 0 Å². The number of hydrogen-bond donors (Lipinski definition) is 2. The molecular weight excluding hydrogens is 252 g/mol. The summed E-state index contributed by atoms with van der Waals surface area (Å²) < 4.78 is 0. The highest BCUT2D eigenvalue weighted by Crippen LogP contribution is 2.17. The first-order valence-electron chi connectivity index (χ1n) is 6.36. The Bertz CT molecular complexity index is 746. The van der Waals surface area contributed by atoms with Gasteiger partial charge in [0.25, 0.3) is 5.91 Å². The second-order valence-electron chi connectivity index (χ2n) is 4.58. The van der Waals surface area contributed by atoms with Crippen LogP contribution in [-0.2, 0) is 6.54 Å². The molecule has 0 aliphatic heterocycles. The van der Waals surface area contributed by atoms with Crippen molar-refractivity contribution in [3.63, 3.8) is 0 Å². The van der Waals surface area contributed by atoms with E-state index in [4.69, 9.17) is 0 Å². The van der Waals surface area contributed by atoms with Crippen LogP contribution in [0.5, 0.6) is 0 Å². The highest BCUT2D eigenvalue weighted by atomic mass is 16.1. The van der Waals surface area contributed by atoms with Gasteiger partial charge in [-0.1, -0.05) is 6.07 Å². The van der Waals surface area contributed by atoms with Crippen LogP contribution >= 0.6 is 0 Å². The Balaban J connectivity index is 1.76. The van der Waals surface area contributed by atoms with Crippen LogP contribution in [0.3, 0.4) is 0 Å². The van der Waals surface area contributed by atoms with Crippen molar-refractivity contribution in [3.8, 4) is 0 Å². The van der Waals surface area contributed by atoms with Crippen LogP contribution in [0, 0.1) is 6.92 Å². The molecule has 3 rings (SSSR count). The molecule has 0 radical (unpaired) electrons. The Labute approximate surface area is 116 Å². The molecule has 1 amide bonds. The number of carbonyl (C=O) groups excluding carboxylic acids is 1. The van der Waals surface area contributed by atoms with E-state index in [1.807, 2.05) is 37.4 Å². The van der Waals surface area contributed by atoms with E-state index in [0.717, 1.165) is 22.3 Å². The number of aryl methyl sites for hydroxylation is 1. The van der Waals surface area contributed by atoms with E-state index >= 15 is 0 Å². The minimum absolute atomic E-state index is 0.113. The van der Waals surface area contributed by atoms with E-state index in [-0.39, 0.29) is 5.91 Å². The van der Waals surface area contributed by atoms with E-state index in [1.165, 1.54) is 0 Å². The summed E-state index contributed by atoms with van der Waals surface area (Å²) in [5, 5.41) is 3.78. The predicted octanol–water partition coefficient (Wildman–Crippen LogP) is 2.20. The van der Waals surface area contributed by atoms with Gasteiger partial charge in [0.15, 0.2) is 0 Å². The number of aromatic amines is 1. The molecule has 20 heavy (non-hydrogen) atoms. The molecule has 0 saturated carbocycles. The number of rotatable bonds is 3. The smallest absolute Gasteiger partial charge is 0.252 e. The van der Waals surface area contributed by atoms with Gasteiger partial charge in [0.2, 0.25) is 0 Å². The predicted molar refractivity (Wildman–Crippen MR) is 76.2 cm³/mol. The van der Waals surface area contributed by atoms with Gasteiger partial charge >= 0.3 is 0 Å². The molecule has 1 aromatic carbocycles. The van der Waals surface area contributed by atoms with Crippen molar-refractivity contribution in [2.45, 2.75) is 13.5 Å². The quantitative estimate of drug-likeness (QED) is 0.763. The van der Waals surface area contributed by atoms with E-state index in [1.54, 1.807) is 12.4 Å². The van der Waals surface area contributed by atoms with Crippen molar-refractivity contribution in [1.82, 2.24) is 20.3 Å². The molecule has 2 N–H and O–H groups in total. The van der Waals surface area contributed by atoms with Crippen molar-refractivity contribution in [2.75, 3.05) is 0 Å². The molecule has 0 spiro atoms. The van der Waals surface area contributed by atoms with Gasteiger partial charge in [0.05, 0.1) is 24.1 Å². The van der Waals surface area contributed by atoms with Crippen LogP contribution in [0.25, 0.3) is 10.9 Å². The fourth-order valence-electron chi connectivity index (χ4n) is 2.06. The van der Waals surface area contributed by atoms with Crippen LogP contribution in [0.15, 0.2) is 42.9 Å². The van der Waals surface area contributed by atoms with Crippen molar-refractivity contribution < 1.29 is 4.79 Å². The summed E-state index contributed by atoms with van der Waals surface area (Å²) in [5.41, 5.74) is 3.21. The van der Waals surface area contributed by atoms with E-state index < -0.39 is 0 Å². The van der Waals surface area contributed by atoms with Gasteiger partial charge in [-0.3, -0.25) is 14.8 Å². The number of benzene rings is 1. The van der Waals surface area contributed by atoms with E-state index in [0.29, 0.717) is 12.1 Å². The fourth-order valence-corrected chi connectivity index (χ4v) is 2.06. The first-order valence-corrected chi connectivity index (χ1v) is 6.36. The van der Waals surface area contributed by atoms with Gasteiger partial charge in [-0.2, -0.15) is 0 Å². The van der Waals surface area contributed by atoms with E-state index in [2.05, 4.69) is 20.3 Å². The topological polar surface area (TPSA) is 70.7 Å². The van der Waals surface area contributed by atoms with Gasteiger partial charge < -0.3 is 10.3 Å². The maximum absolute atomic E-state index is 12.2. The average Bonchev–Trinajstić information content (AvgIpc) is 2.94. The molecule has 0 saturated heterocycles. The molecule has 2 heterocycles. The van der Waals surface area contributed by atoms with Crippen molar-refractivity contribution in [2.24, 2.45) is 0 Å². The lowest BCUT2D eigenvalue weighted by Crippen LogP contribution is -2.23. The molecule has 3 aromatic rings. The van der Waals surface area contributed by atoms with Crippen molar-refractivity contribution >= 4 is 16.8 Å². The van der Waals surface area contributed by atoms with Crippen LogP contribution in [-0.4, -0.2) is 20.9 Å². The van der Waals surface area contributed by atoms with Crippen LogP contribution in [0.1, 0.15) is 21.7 Å². The summed E-state index contributed by atoms with van der Waals surface area (Å²) in [5.74, 6) is -0.113. The molecule has 5 nitrogen and oxygen atoms in total. The monoisotopic (exact) mass is 266 g/mol. The standard InChI is InChI=1S/C15H14N4O/c1-10-7-18-11(8-17-10)9-19-15(20)13-3-2-4-14-12(13)5-6-16-14/h2-8,16H,9H2,1H3,(H,19,20). The Morgan fingerprint density at radius 1 is 1.25 bits per heavy atom. The largest absolute Gasteiger partial charge is 0.361 e. The van der Waals surface area contributed by atoms with Crippen LogP contribution in [0.4, 0.5) is 0 Å². The molecule has 0 fully saturated rings. The summed E-state index contributed by atoms with van der Waals surface area (Å²) in [6.07, 6.45) is 5.19. The number of carbonyl (C=O) groups is 1. The SMILES string of the molecule is Cc1cnc(CNC(=O)c2cccc3[nH]ccc23)cn1. The van der Waals surface area contributed by atoms with Gasteiger partial charge in [0.1, 0.15) is 0 Å². The zero-order valence-corrected chi connectivity index (χ0v) is 11.1. The van der Waals surface area contributed by atoms with Crippen LogP contribution in [0.2, 0.25) is 0 Å². The third-order valence-electron chi connectivity index (χ3n) is 3.10. The molecule has 0 unspecified atom stereocenters. The number of nitrogens with one attached hydrogen (secondary N) is 2. The lowest BCUT2D eigenvalue weighted by atomic mass is 10.1. The second-order valence-corrected chi connectivity index (χ2v) is 4.58. The van der Waals surface area contributed by atoms with Crippen LogP contribution < -0.4 is 5.32 Å². The first-order chi connectivity index (χ1) is 9.74. The average molecular weight is 266 g/mol. The van der Waals surface area contributed by atoms with Gasteiger partial charge in [-0.15, -0.1) is 0 Å². The Morgan fingerprint density at radius 3 is 2.95 bits per heavy atom. The summed E-state index contributed by atoms with van der Waals surface area (Å²) in [6.45, 7) is 2.24. The number of H-pyrrole nitrogens is 1. The maximum atomic E-state index is 12.2. The number of aromatic nitrogens is 3. The molecule has 0 atom stereocenters. The summed E-state index contributed by atoms with van der Waals surface area (Å²) in [7, 11) is 0. The zero-order valence-electron chi connectivity index (χ0n) is 11.1. The Kier molecular flexibility index (Phi) is 3.16. The van der Waals surface area contributed by atoms with Gasteiger partial charge in [-0.05, 0) is 25.1 Å². The summed E-state index contributed by atoms with van der Waals surface area (Å²) in [4.78, 5) is 23.7. The molecule has 0 aliphatic carbocycles. The Hall–Kier alpha value is -2.69. The lowest BCUT2D eigenvalue weighted by Gasteiger charge is -2.06. The molecule has 0 bridgehead atoms. The van der Waals surface area contributed by atoms with Crippen molar-refractivity contribution in [3.05, 3.63) is 59.8 Å². The normalized spacial score (nSPS) is 10.7. The third kappa shape index (κ3) is 2.38. The number of nitrogens with zero attached hydrogens (tertiary/aromatic N) is 2. The summed E-state index contributed by atoms with van der Waals surface area (Å²) in [6, 6.07) is 7.51. The minimum Gasteiger partial charge on any atom is -0.361 e. The fraction of sp³-hybridized carbons (Fsp3) is 0.133. The highest BCUT2D eigenvalue weighted by molar-refractivity contribution is 6.06. The molecular formula is C15H14N4O. The third-order valence-corrected chi connectivity index (χ3v) is 3.10. The lowest BCUT2D eigenvalue weighted by molar-refractivity contribution is 0.0952. The zero-order chi connectivity index (χ0) is 13.9. The molecule has 5 heteroatoms. The molecule has 0 aliphatic rings. The summed E-state index contributed by atoms with van der Waals surface area (Å²) >= 11 is 0. The molecule has 100 valence electrons. The van der Waals surface area contributed by atoms with E-state index in [9.17, 15) is 4.79 Å². The highest BCUT2D eigenvalue weighted by Gasteiger charge is 2.10. The van der Waals surface area contributed by atoms with Gasteiger partial charge in [-0.25, -0.2) is 0 Å². The van der Waals surface area contributed by atoms with Gasteiger partial charge in [0, 0.05) is 28.9 Å².